The molecule has 1 N–H and O–H groups in total. The first-order valence-electron chi connectivity index (χ1n) is 9.47. The Morgan fingerprint density at radius 2 is 1.57 bits per heavy atom. The first-order valence-corrected chi connectivity index (χ1v) is 9.47. The minimum Gasteiger partial charge on any atom is -0.391 e. The number of carbonyl (C=O) groups is 4. The van der Waals surface area contributed by atoms with Gasteiger partial charge in [-0.3, -0.25) is 19.3 Å². The molecule has 4 rings (SSSR count). The molecule has 3 aliphatic heterocycles. The number of aliphatic hydroxyl groups excluding tert-OH is 1. The zero-order valence-corrected chi connectivity index (χ0v) is 15.5. The first kappa shape index (κ1) is 18.8. The van der Waals surface area contributed by atoms with Crippen LogP contribution in [0.4, 0.5) is 0 Å². The molecule has 0 radical (unpaired) electrons. The molecule has 1 aromatic rings. The molecule has 3 aliphatic rings. The van der Waals surface area contributed by atoms with E-state index in [1.54, 1.807) is 30.3 Å². The Morgan fingerprint density at radius 1 is 1.00 bits per heavy atom. The Hall–Kier alpha value is -2.58. The molecule has 0 saturated carbocycles. The second kappa shape index (κ2) is 7.10. The molecule has 0 aliphatic carbocycles. The molecule has 8 heteroatoms. The minimum atomic E-state index is -1.25. The van der Waals surface area contributed by atoms with Gasteiger partial charge in [0.05, 0.1) is 12.0 Å². The largest absolute Gasteiger partial charge is 0.391 e. The molecule has 28 heavy (non-hydrogen) atoms. The first-order chi connectivity index (χ1) is 13.4. The molecule has 1 unspecified atom stereocenters. The predicted molar refractivity (Wildman–Crippen MR) is 95.5 cm³/mol. The number of Topliss-reactive ketones (excluding diaryl/α,β-unsaturated/α-hetero) is 1. The summed E-state index contributed by atoms with van der Waals surface area (Å²) >= 11 is 0. The number of ketones is 1. The van der Waals surface area contributed by atoms with E-state index in [4.69, 9.17) is 4.84 Å². The van der Waals surface area contributed by atoms with E-state index in [9.17, 15) is 24.3 Å². The smallest absolute Gasteiger partial charge is 0.340 e. The van der Waals surface area contributed by atoms with Gasteiger partial charge >= 0.3 is 5.97 Å². The second-order valence-corrected chi connectivity index (χ2v) is 7.64. The van der Waals surface area contributed by atoms with Crippen molar-refractivity contribution in [1.29, 1.82) is 0 Å². The molecular formula is C20H22N2O6. The molecular weight excluding hydrogens is 364 g/mol. The number of hydrogen-bond donors (Lipinski definition) is 1. The van der Waals surface area contributed by atoms with Crippen molar-refractivity contribution in [3.05, 3.63) is 35.9 Å². The summed E-state index contributed by atoms with van der Waals surface area (Å²) < 4.78 is 0. The zero-order chi connectivity index (χ0) is 20.0. The van der Waals surface area contributed by atoms with Crippen LogP contribution in [-0.4, -0.2) is 63.9 Å². The lowest BCUT2D eigenvalue weighted by atomic mass is 9.76. The van der Waals surface area contributed by atoms with Crippen molar-refractivity contribution in [1.82, 2.24) is 9.96 Å². The molecule has 3 saturated heterocycles. The summed E-state index contributed by atoms with van der Waals surface area (Å²) in [6.07, 6.45) is 0.0482. The lowest BCUT2D eigenvalue weighted by Crippen LogP contribution is -2.60. The van der Waals surface area contributed by atoms with Gasteiger partial charge in [0.1, 0.15) is 5.92 Å². The maximum Gasteiger partial charge on any atom is 0.340 e. The van der Waals surface area contributed by atoms with E-state index in [-0.39, 0.29) is 30.7 Å². The molecule has 5 atom stereocenters. The van der Waals surface area contributed by atoms with Crippen molar-refractivity contribution in [2.75, 3.05) is 7.05 Å². The average Bonchev–Trinajstić information content (AvgIpc) is 3.14. The number of amides is 2. The van der Waals surface area contributed by atoms with Crippen LogP contribution < -0.4 is 0 Å². The number of nitrogens with zero attached hydrogens (tertiary/aromatic N) is 2. The highest BCUT2D eigenvalue weighted by atomic mass is 16.7. The summed E-state index contributed by atoms with van der Waals surface area (Å²) in [5.41, 5.74) is 0.474. The van der Waals surface area contributed by atoms with Crippen LogP contribution in [0.2, 0.25) is 0 Å². The van der Waals surface area contributed by atoms with Crippen LogP contribution in [0, 0.1) is 11.8 Å². The number of carbonyl (C=O) groups excluding carboxylic acids is 4. The van der Waals surface area contributed by atoms with Crippen LogP contribution in [0.1, 0.15) is 36.0 Å². The Labute approximate surface area is 162 Å². The quantitative estimate of drug-likeness (QED) is 0.595. The zero-order valence-electron chi connectivity index (χ0n) is 15.5. The summed E-state index contributed by atoms with van der Waals surface area (Å²) in [4.78, 5) is 56.5. The lowest BCUT2D eigenvalue weighted by Gasteiger charge is -2.44. The van der Waals surface area contributed by atoms with Gasteiger partial charge in [-0.1, -0.05) is 30.3 Å². The second-order valence-electron chi connectivity index (χ2n) is 7.64. The van der Waals surface area contributed by atoms with E-state index in [2.05, 4.69) is 0 Å². The Kier molecular flexibility index (Phi) is 4.76. The van der Waals surface area contributed by atoms with E-state index in [0.717, 1.165) is 0 Å². The Morgan fingerprint density at radius 3 is 2.18 bits per heavy atom. The highest BCUT2D eigenvalue weighted by Crippen LogP contribution is 2.43. The van der Waals surface area contributed by atoms with Gasteiger partial charge in [0, 0.05) is 30.5 Å². The van der Waals surface area contributed by atoms with Gasteiger partial charge in [0.15, 0.2) is 5.78 Å². The van der Waals surface area contributed by atoms with E-state index in [1.165, 1.54) is 0 Å². The fraction of sp³-hybridized carbons (Fsp3) is 0.500. The van der Waals surface area contributed by atoms with Gasteiger partial charge in [-0.05, 0) is 19.9 Å². The predicted octanol–water partition coefficient (Wildman–Crippen LogP) is 0.546. The Balaban J connectivity index is 1.60. The van der Waals surface area contributed by atoms with Crippen molar-refractivity contribution in [3.8, 4) is 0 Å². The molecule has 1 aromatic carbocycles. The van der Waals surface area contributed by atoms with Crippen LogP contribution in [0.3, 0.4) is 0 Å². The number of benzene rings is 1. The summed E-state index contributed by atoms with van der Waals surface area (Å²) in [5.74, 6) is -4.01. The van der Waals surface area contributed by atoms with Gasteiger partial charge in [0.25, 0.3) is 11.8 Å². The van der Waals surface area contributed by atoms with Crippen LogP contribution in [0.25, 0.3) is 0 Å². The van der Waals surface area contributed by atoms with E-state index in [0.29, 0.717) is 23.5 Å². The van der Waals surface area contributed by atoms with Crippen LogP contribution in [0.5, 0.6) is 0 Å². The third-order valence-corrected chi connectivity index (χ3v) is 6.19. The number of hydrogen-bond acceptors (Lipinski definition) is 7. The fourth-order valence-corrected chi connectivity index (χ4v) is 4.77. The summed E-state index contributed by atoms with van der Waals surface area (Å²) in [5, 5.41) is 11.5. The maximum absolute atomic E-state index is 13.1. The normalized spacial score (nSPS) is 32.6. The number of imide groups is 1. The van der Waals surface area contributed by atoms with Gasteiger partial charge < -0.3 is 9.94 Å². The van der Waals surface area contributed by atoms with E-state index < -0.39 is 35.7 Å². The van der Waals surface area contributed by atoms with Gasteiger partial charge in [-0.25, -0.2) is 4.79 Å². The average molecular weight is 386 g/mol. The van der Waals surface area contributed by atoms with Gasteiger partial charge in [-0.2, -0.15) is 0 Å². The summed E-state index contributed by atoms with van der Waals surface area (Å²) in [6.45, 7) is 0. The SMILES string of the molecule is CN1[C@@H]2CC[C@H]1C(C(=O)c1ccccc1)[C@H](O)[C@@H]2C(=O)ON1C(=O)CCC1=O. The number of aliphatic hydroxyl groups is 1. The van der Waals surface area contributed by atoms with Crippen LogP contribution in [0.15, 0.2) is 30.3 Å². The van der Waals surface area contributed by atoms with Gasteiger partial charge in [0.2, 0.25) is 0 Å². The molecule has 2 bridgehead atoms. The third kappa shape index (κ3) is 2.93. The van der Waals surface area contributed by atoms with Crippen molar-refractivity contribution < 1.29 is 29.1 Å². The molecule has 0 spiro atoms. The molecule has 148 valence electrons. The fourth-order valence-electron chi connectivity index (χ4n) is 4.77. The summed E-state index contributed by atoms with van der Waals surface area (Å²) in [7, 11) is 1.83. The van der Waals surface area contributed by atoms with E-state index >= 15 is 0 Å². The van der Waals surface area contributed by atoms with E-state index in [1.807, 2.05) is 11.9 Å². The molecule has 3 heterocycles. The standard InChI is InChI=1S/C20H22N2O6/c1-21-12-7-8-13(21)17(20(27)28-22-14(23)9-10-15(22)24)19(26)16(12)18(25)11-5-3-2-4-6-11/h2-6,12-13,16-17,19,26H,7-10H2,1H3/t12-,13+,16?,17+,19-/m0/s1. The molecule has 8 nitrogen and oxygen atoms in total. The number of fused-ring (bicyclic) bond motifs is 2. The summed E-state index contributed by atoms with van der Waals surface area (Å²) in [6, 6.07) is 8.19. The topological polar surface area (TPSA) is 104 Å². The van der Waals surface area contributed by atoms with Crippen LogP contribution >= 0.6 is 0 Å². The van der Waals surface area contributed by atoms with Crippen molar-refractivity contribution in [2.45, 2.75) is 43.9 Å². The van der Waals surface area contributed by atoms with Crippen molar-refractivity contribution in [2.24, 2.45) is 11.8 Å². The molecule has 3 fully saturated rings. The van der Waals surface area contributed by atoms with Crippen LogP contribution in [-0.2, 0) is 19.2 Å². The molecule has 0 aromatic heterocycles. The number of rotatable bonds is 4. The third-order valence-electron chi connectivity index (χ3n) is 6.19. The van der Waals surface area contributed by atoms with Crippen molar-refractivity contribution >= 4 is 23.6 Å². The van der Waals surface area contributed by atoms with Crippen molar-refractivity contribution in [3.63, 3.8) is 0 Å². The number of hydroxylamine groups is 2. The highest BCUT2D eigenvalue weighted by molar-refractivity contribution is 6.02. The molecule has 2 amide bonds. The van der Waals surface area contributed by atoms with Gasteiger partial charge in [-0.15, -0.1) is 5.06 Å². The monoisotopic (exact) mass is 386 g/mol. The highest BCUT2D eigenvalue weighted by Gasteiger charge is 2.57. The number of piperidine rings is 1. The lowest BCUT2D eigenvalue weighted by molar-refractivity contribution is -0.207. The minimum absolute atomic E-state index is 0.000142. The Bertz CT molecular complexity index is 809. The maximum atomic E-state index is 13.1.